The number of hydrogen-bond acceptors (Lipinski definition) is 5. The smallest absolute Gasteiger partial charge is 0.270 e. The summed E-state index contributed by atoms with van der Waals surface area (Å²) < 4.78 is 1.88. The van der Waals surface area contributed by atoms with Crippen molar-refractivity contribution in [1.29, 1.82) is 0 Å². The molecule has 1 aliphatic rings. The van der Waals surface area contributed by atoms with Crippen molar-refractivity contribution in [3.8, 4) is 11.1 Å². The number of nitrogens with zero attached hydrogens (tertiary/aromatic N) is 3. The summed E-state index contributed by atoms with van der Waals surface area (Å²) in [5, 5.41) is 18.0. The largest absolute Gasteiger partial charge is 0.388 e. The lowest BCUT2D eigenvalue weighted by Gasteiger charge is -2.36. The molecule has 0 unspecified atom stereocenters. The minimum absolute atomic E-state index is 0.189. The van der Waals surface area contributed by atoms with Crippen LogP contribution in [0.4, 0.5) is 5.69 Å². The molecule has 0 bridgehead atoms. The first-order chi connectivity index (χ1) is 20.5. The Bertz CT molecular complexity index is 1920. The molecule has 210 valence electrons. The number of nitrogens with one attached hydrogen (secondary N) is 2. The zero-order valence-electron chi connectivity index (χ0n) is 23.5. The molecule has 4 aromatic carbocycles. The van der Waals surface area contributed by atoms with Crippen LogP contribution in [-0.2, 0) is 0 Å². The Labute approximate surface area is 244 Å². The van der Waals surface area contributed by atoms with Crippen LogP contribution >= 0.6 is 0 Å². The van der Waals surface area contributed by atoms with Crippen LogP contribution < -0.4 is 10.7 Å². The Morgan fingerprint density at radius 1 is 0.905 bits per heavy atom. The van der Waals surface area contributed by atoms with Gasteiger partial charge in [-0.1, -0.05) is 54.6 Å². The second kappa shape index (κ2) is 10.6. The molecule has 2 aromatic heterocycles. The molecule has 0 spiro atoms. The monoisotopic (exact) mass is 555 g/mol. The van der Waals surface area contributed by atoms with Gasteiger partial charge in [0.05, 0.1) is 22.2 Å². The van der Waals surface area contributed by atoms with Gasteiger partial charge in [0.25, 0.3) is 5.91 Å². The topological polar surface area (TPSA) is 82.4 Å². The number of piperidine rings is 1. The maximum absolute atomic E-state index is 13.4. The van der Waals surface area contributed by atoms with Crippen LogP contribution in [0.15, 0.2) is 103 Å². The molecule has 7 heteroatoms. The van der Waals surface area contributed by atoms with Gasteiger partial charge in [-0.05, 0) is 67.9 Å². The lowest BCUT2D eigenvalue weighted by molar-refractivity contribution is -0.00403. The number of pyridine rings is 1. The van der Waals surface area contributed by atoms with Crippen LogP contribution in [0.2, 0.25) is 0 Å². The first kappa shape index (κ1) is 26.2. The van der Waals surface area contributed by atoms with Crippen LogP contribution in [0, 0.1) is 0 Å². The van der Waals surface area contributed by atoms with E-state index in [0.29, 0.717) is 24.9 Å². The highest BCUT2D eigenvalue weighted by molar-refractivity contribution is 6.17. The fourth-order valence-electron chi connectivity index (χ4n) is 6.00. The van der Waals surface area contributed by atoms with E-state index in [9.17, 15) is 9.90 Å². The van der Waals surface area contributed by atoms with Crippen molar-refractivity contribution >= 4 is 44.3 Å². The summed E-state index contributed by atoms with van der Waals surface area (Å²) >= 11 is 0. The minimum Gasteiger partial charge on any atom is -0.388 e. The molecule has 42 heavy (non-hydrogen) atoms. The van der Waals surface area contributed by atoms with E-state index in [1.807, 2.05) is 77.6 Å². The van der Waals surface area contributed by atoms with Crippen molar-refractivity contribution in [2.24, 2.45) is 0 Å². The number of likely N-dealkylation sites (tertiary alicyclic amines) is 1. The number of aliphatic hydroxyl groups is 1. The molecular weight excluding hydrogens is 522 g/mol. The maximum atomic E-state index is 13.4. The van der Waals surface area contributed by atoms with E-state index >= 15 is 0 Å². The molecule has 7 nitrogen and oxygen atoms in total. The molecule has 3 heterocycles. The summed E-state index contributed by atoms with van der Waals surface area (Å²) in [6, 6.07) is 31.8. The fraction of sp³-hybridized carbons (Fsp3) is 0.200. The number of rotatable bonds is 6. The number of benzene rings is 4. The predicted molar refractivity (Wildman–Crippen MR) is 170 cm³/mol. The lowest BCUT2D eigenvalue weighted by atomic mass is 9.91. The van der Waals surface area contributed by atoms with Crippen LogP contribution in [-0.4, -0.2) is 57.9 Å². The zero-order valence-corrected chi connectivity index (χ0v) is 23.5. The van der Waals surface area contributed by atoms with E-state index in [1.54, 1.807) is 0 Å². The first-order valence-corrected chi connectivity index (χ1v) is 14.4. The summed E-state index contributed by atoms with van der Waals surface area (Å²) in [5.41, 5.74) is 8.53. The molecule has 1 aliphatic heterocycles. The highest BCUT2D eigenvalue weighted by Gasteiger charge is 2.31. The molecule has 1 fully saturated rings. The normalized spacial score (nSPS) is 15.3. The Morgan fingerprint density at radius 2 is 1.64 bits per heavy atom. The van der Waals surface area contributed by atoms with Crippen LogP contribution in [0.1, 0.15) is 23.2 Å². The Hall–Kier alpha value is -4.72. The lowest BCUT2D eigenvalue weighted by Crippen LogP contribution is -2.47. The molecule has 1 amide bonds. The van der Waals surface area contributed by atoms with E-state index in [-0.39, 0.29) is 5.91 Å². The molecule has 0 saturated carbocycles. The molecular formula is C35H33N5O2. The molecule has 7 rings (SSSR count). The number of carbonyl (C=O) groups excluding carboxylic acids is 1. The Kier molecular flexibility index (Phi) is 6.61. The zero-order chi connectivity index (χ0) is 28.7. The highest BCUT2D eigenvalue weighted by atomic mass is 16.3. The van der Waals surface area contributed by atoms with Gasteiger partial charge in [0.2, 0.25) is 0 Å². The van der Waals surface area contributed by atoms with Crippen molar-refractivity contribution in [3.63, 3.8) is 0 Å². The van der Waals surface area contributed by atoms with Crippen molar-refractivity contribution in [2.45, 2.75) is 18.4 Å². The van der Waals surface area contributed by atoms with Gasteiger partial charge in [-0.3, -0.25) is 19.9 Å². The number of fused-ring (bicyclic) bond motifs is 4. The highest BCUT2D eigenvalue weighted by Crippen LogP contribution is 2.39. The van der Waals surface area contributed by atoms with Crippen LogP contribution in [0.3, 0.4) is 0 Å². The summed E-state index contributed by atoms with van der Waals surface area (Å²) in [6.07, 6.45) is 3.35. The fourth-order valence-corrected chi connectivity index (χ4v) is 6.00. The Balaban J connectivity index is 1.40. The van der Waals surface area contributed by atoms with Crippen molar-refractivity contribution in [3.05, 3.63) is 109 Å². The van der Waals surface area contributed by atoms with E-state index in [0.717, 1.165) is 62.6 Å². The molecule has 0 radical (unpaired) electrons. The van der Waals surface area contributed by atoms with Crippen LogP contribution in [0.5, 0.6) is 0 Å². The average molecular weight is 556 g/mol. The second-order valence-corrected chi connectivity index (χ2v) is 11.4. The van der Waals surface area contributed by atoms with Gasteiger partial charge in [0.1, 0.15) is 0 Å². The minimum atomic E-state index is -0.777. The van der Waals surface area contributed by atoms with Gasteiger partial charge in [-0.25, -0.2) is 0 Å². The van der Waals surface area contributed by atoms with E-state index in [1.165, 1.54) is 0 Å². The summed E-state index contributed by atoms with van der Waals surface area (Å²) in [5.74, 6) is -0.189. The molecule has 1 saturated heterocycles. The van der Waals surface area contributed by atoms with Crippen molar-refractivity contribution < 1.29 is 9.90 Å². The van der Waals surface area contributed by atoms with E-state index in [2.05, 4.69) is 53.0 Å². The predicted octanol–water partition coefficient (Wildman–Crippen LogP) is 6.26. The standard InChI is InChI=1S/C35H33N5O2/c1-39-17-15-35(42,16-18-39)23-37-27-20-29(26-19-25-11-5-7-13-30(25)36-22-26)33-28-12-6-8-14-31(28)40(32(33)21-27)38-34(41)24-9-3-2-4-10-24/h2-14,19-22,37,42H,15-18,23H2,1H3,(H,38,41). The second-order valence-electron chi connectivity index (χ2n) is 11.4. The third-order valence-corrected chi connectivity index (χ3v) is 8.46. The quantitative estimate of drug-likeness (QED) is 0.226. The van der Waals surface area contributed by atoms with Crippen molar-refractivity contribution in [2.75, 3.05) is 37.4 Å². The Morgan fingerprint density at radius 3 is 2.48 bits per heavy atom. The number of hydrogen-bond donors (Lipinski definition) is 3. The van der Waals surface area contributed by atoms with Gasteiger partial charge in [-0.15, -0.1) is 0 Å². The van der Waals surface area contributed by atoms with E-state index < -0.39 is 5.60 Å². The van der Waals surface area contributed by atoms with Crippen molar-refractivity contribution in [1.82, 2.24) is 14.6 Å². The van der Waals surface area contributed by atoms with Gasteiger partial charge in [0, 0.05) is 58.8 Å². The van der Waals surface area contributed by atoms with Gasteiger partial charge >= 0.3 is 0 Å². The van der Waals surface area contributed by atoms with Gasteiger partial charge < -0.3 is 15.3 Å². The molecule has 6 aromatic rings. The van der Waals surface area contributed by atoms with E-state index in [4.69, 9.17) is 4.98 Å². The number of anilines is 1. The summed E-state index contributed by atoms with van der Waals surface area (Å²) in [4.78, 5) is 20.4. The summed E-state index contributed by atoms with van der Waals surface area (Å²) in [7, 11) is 2.09. The molecule has 0 aliphatic carbocycles. The number of aromatic nitrogens is 2. The number of amides is 1. The molecule has 3 N–H and O–H groups in total. The number of carbonyl (C=O) groups is 1. The summed E-state index contributed by atoms with van der Waals surface area (Å²) in [6.45, 7) is 2.17. The third kappa shape index (κ3) is 4.87. The first-order valence-electron chi connectivity index (χ1n) is 14.4. The molecule has 0 atom stereocenters. The average Bonchev–Trinajstić information content (AvgIpc) is 3.34. The maximum Gasteiger partial charge on any atom is 0.270 e. The number of para-hydroxylation sites is 2. The third-order valence-electron chi connectivity index (χ3n) is 8.46. The van der Waals surface area contributed by atoms with Gasteiger partial charge in [0.15, 0.2) is 0 Å². The SMILES string of the molecule is CN1CCC(O)(CNc2cc(-c3cnc4ccccc4c3)c3c4ccccc4n(NC(=O)c4ccccc4)c3c2)CC1. The van der Waals surface area contributed by atoms with Crippen LogP contribution in [0.25, 0.3) is 43.8 Å². The van der Waals surface area contributed by atoms with Gasteiger partial charge in [-0.2, -0.15) is 0 Å².